The Morgan fingerprint density at radius 2 is 2.00 bits per heavy atom. The van der Waals surface area contributed by atoms with Crippen molar-refractivity contribution in [3.63, 3.8) is 0 Å². The minimum absolute atomic E-state index is 0.157. The Morgan fingerprint density at radius 3 is 2.84 bits per heavy atom. The van der Waals surface area contributed by atoms with E-state index < -0.39 is 0 Å². The first-order valence-electron chi connectivity index (χ1n) is 6.36. The molecule has 2 aromatic carbocycles. The number of fused-ring (bicyclic) bond motifs is 1. The van der Waals surface area contributed by atoms with Crippen LogP contribution < -0.4 is 9.47 Å². The Kier molecular flexibility index (Phi) is 3.03. The number of hydrogen-bond acceptors (Lipinski definition) is 3. The lowest BCUT2D eigenvalue weighted by Gasteiger charge is -2.26. The first-order valence-corrected chi connectivity index (χ1v) is 6.36. The molecule has 1 heterocycles. The molecular weight excluding hydrogens is 240 g/mol. The molecule has 1 aliphatic heterocycles. The first-order chi connectivity index (χ1) is 9.29. The first kappa shape index (κ1) is 11.9. The maximum absolute atomic E-state index is 10.2. The summed E-state index contributed by atoms with van der Waals surface area (Å²) in [6.07, 6.45) is 0.872. The second-order valence-electron chi connectivity index (χ2n) is 4.72. The summed E-state index contributed by atoms with van der Waals surface area (Å²) in [6, 6.07) is 13.6. The van der Waals surface area contributed by atoms with E-state index in [-0.39, 0.29) is 11.7 Å². The lowest BCUT2D eigenvalue weighted by molar-refractivity contribution is 0.258. The molecular formula is C16H16O3. The highest BCUT2D eigenvalue weighted by atomic mass is 16.5. The SMILES string of the molecule is COc1cccc(C2COc3ccccc3C2)c1O. The summed E-state index contributed by atoms with van der Waals surface area (Å²) >= 11 is 0. The highest BCUT2D eigenvalue weighted by Crippen LogP contribution is 2.39. The van der Waals surface area contributed by atoms with Gasteiger partial charge in [0.1, 0.15) is 5.75 Å². The molecule has 2 aromatic rings. The van der Waals surface area contributed by atoms with Crippen LogP contribution in [0.1, 0.15) is 17.0 Å². The van der Waals surface area contributed by atoms with E-state index in [0.29, 0.717) is 12.4 Å². The maximum atomic E-state index is 10.2. The third-order valence-electron chi connectivity index (χ3n) is 3.57. The van der Waals surface area contributed by atoms with Crippen LogP contribution in [0.5, 0.6) is 17.2 Å². The fraction of sp³-hybridized carbons (Fsp3) is 0.250. The molecule has 1 atom stereocenters. The Morgan fingerprint density at radius 1 is 1.16 bits per heavy atom. The van der Waals surface area contributed by atoms with E-state index in [2.05, 4.69) is 6.07 Å². The molecule has 1 unspecified atom stereocenters. The van der Waals surface area contributed by atoms with Gasteiger partial charge >= 0.3 is 0 Å². The number of rotatable bonds is 2. The number of hydrogen-bond donors (Lipinski definition) is 1. The second kappa shape index (κ2) is 4.84. The van der Waals surface area contributed by atoms with Crippen LogP contribution in [-0.2, 0) is 6.42 Å². The van der Waals surface area contributed by atoms with Gasteiger partial charge < -0.3 is 14.6 Å². The molecule has 0 fully saturated rings. The fourth-order valence-electron chi connectivity index (χ4n) is 2.56. The molecule has 0 saturated heterocycles. The number of phenolic OH excluding ortho intramolecular Hbond substituents is 1. The Bertz CT molecular complexity index is 592. The molecule has 1 N–H and O–H groups in total. The van der Waals surface area contributed by atoms with Crippen LogP contribution in [0.4, 0.5) is 0 Å². The predicted octanol–water partition coefficient (Wildman–Crippen LogP) is 3.12. The van der Waals surface area contributed by atoms with Gasteiger partial charge in [-0.3, -0.25) is 0 Å². The minimum atomic E-state index is 0.157. The van der Waals surface area contributed by atoms with Crippen LogP contribution >= 0.6 is 0 Å². The lowest BCUT2D eigenvalue weighted by atomic mass is 9.89. The summed E-state index contributed by atoms with van der Waals surface area (Å²) in [5.74, 6) is 1.83. The number of methoxy groups -OCH3 is 1. The summed E-state index contributed by atoms with van der Waals surface area (Å²) in [5.41, 5.74) is 2.06. The van der Waals surface area contributed by atoms with E-state index in [9.17, 15) is 5.11 Å². The molecule has 0 saturated carbocycles. The molecule has 3 heteroatoms. The van der Waals surface area contributed by atoms with Crippen molar-refractivity contribution in [3.05, 3.63) is 53.6 Å². The van der Waals surface area contributed by atoms with Crippen LogP contribution in [0, 0.1) is 0 Å². The summed E-state index contributed by atoms with van der Waals surface area (Å²) in [7, 11) is 1.56. The van der Waals surface area contributed by atoms with Gasteiger partial charge in [-0.2, -0.15) is 0 Å². The van der Waals surface area contributed by atoms with Gasteiger partial charge in [0.2, 0.25) is 0 Å². The molecule has 0 aliphatic carbocycles. The Labute approximate surface area is 112 Å². The van der Waals surface area contributed by atoms with Crippen molar-refractivity contribution in [2.45, 2.75) is 12.3 Å². The lowest BCUT2D eigenvalue weighted by Crippen LogP contribution is -2.19. The largest absolute Gasteiger partial charge is 0.504 e. The average Bonchev–Trinajstić information content (AvgIpc) is 2.47. The highest BCUT2D eigenvalue weighted by Gasteiger charge is 2.24. The van der Waals surface area contributed by atoms with Gasteiger partial charge in [0.05, 0.1) is 13.7 Å². The molecule has 3 nitrogen and oxygen atoms in total. The van der Waals surface area contributed by atoms with Gasteiger partial charge in [-0.1, -0.05) is 30.3 Å². The zero-order valence-electron chi connectivity index (χ0n) is 10.8. The molecule has 0 radical (unpaired) electrons. The van der Waals surface area contributed by atoms with E-state index in [0.717, 1.165) is 17.7 Å². The molecule has 0 amide bonds. The summed E-state index contributed by atoms with van der Waals surface area (Å²) in [4.78, 5) is 0. The fourth-order valence-corrected chi connectivity index (χ4v) is 2.56. The third kappa shape index (κ3) is 2.12. The molecule has 98 valence electrons. The number of aromatic hydroxyl groups is 1. The molecule has 0 spiro atoms. The molecule has 1 aliphatic rings. The van der Waals surface area contributed by atoms with Crippen LogP contribution in [0.15, 0.2) is 42.5 Å². The van der Waals surface area contributed by atoms with Crippen LogP contribution in [-0.4, -0.2) is 18.8 Å². The van der Waals surface area contributed by atoms with Crippen molar-refractivity contribution in [1.82, 2.24) is 0 Å². The van der Waals surface area contributed by atoms with Crippen LogP contribution in [0.3, 0.4) is 0 Å². The molecule has 19 heavy (non-hydrogen) atoms. The predicted molar refractivity (Wildman–Crippen MR) is 73.0 cm³/mol. The standard InChI is InChI=1S/C16H16O3/c1-18-15-8-4-6-13(16(15)17)12-9-11-5-2-3-7-14(11)19-10-12/h2-8,12,17H,9-10H2,1H3. The summed E-state index contributed by atoms with van der Waals surface area (Å²) < 4.78 is 10.9. The number of phenols is 1. The number of para-hydroxylation sites is 2. The second-order valence-corrected chi connectivity index (χ2v) is 4.72. The van der Waals surface area contributed by atoms with E-state index in [4.69, 9.17) is 9.47 Å². The Balaban J connectivity index is 1.93. The minimum Gasteiger partial charge on any atom is -0.504 e. The van der Waals surface area contributed by atoms with Gasteiger partial charge in [-0.15, -0.1) is 0 Å². The topological polar surface area (TPSA) is 38.7 Å². The van der Waals surface area contributed by atoms with E-state index >= 15 is 0 Å². The van der Waals surface area contributed by atoms with Crippen LogP contribution in [0.2, 0.25) is 0 Å². The summed E-state index contributed by atoms with van der Waals surface area (Å²) in [6.45, 7) is 0.581. The third-order valence-corrected chi connectivity index (χ3v) is 3.57. The van der Waals surface area contributed by atoms with E-state index in [1.807, 2.05) is 30.3 Å². The van der Waals surface area contributed by atoms with E-state index in [1.165, 1.54) is 5.56 Å². The van der Waals surface area contributed by atoms with E-state index in [1.54, 1.807) is 13.2 Å². The number of benzene rings is 2. The van der Waals surface area contributed by atoms with Crippen molar-refractivity contribution >= 4 is 0 Å². The van der Waals surface area contributed by atoms with Crippen molar-refractivity contribution < 1.29 is 14.6 Å². The quantitative estimate of drug-likeness (QED) is 0.897. The smallest absolute Gasteiger partial charge is 0.161 e. The van der Waals surface area contributed by atoms with Gasteiger partial charge in [-0.05, 0) is 24.1 Å². The van der Waals surface area contributed by atoms with Gasteiger partial charge in [0.15, 0.2) is 11.5 Å². The van der Waals surface area contributed by atoms with Crippen LogP contribution in [0.25, 0.3) is 0 Å². The molecule has 0 aromatic heterocycles. The zero-order valence-corrected chi connectivity index (χ0v) is 10.8. The average molecular weight is 256 g/mol. The van der Waals surface area contributed by atoms with Crippen molar-refractivity contribution in [2.75, 3.05) is 13.7 Å². The maximum Gasteiger partial charge on any atom is 0.161 e. The normalized spacial score (nSPS) is 17.4. The van der Waals surface area contributed by atoms with Crippen molar-refractivity contribution in [1.29, 1.82) is 0 Å². The molecule has 3 rings (SSSR count). The highest BCUT2D eigenvalue weighted by molar-refractivity contribution is 5.49. The Hall–Kier alpha value is -2.16. The molecule has 0 bridgehead atoms. The summed E-state index contributed by atoms with van der Waals surface area (Å²) in [5, 5.41) is 10.2. The number of ether oxygens (including phenoxy) is 2. The van der Waals surface area contributed by atoms with Gasteiger partial charge in [0, 0.05) is 11.5 Å². The van der Waals surface area contributed by atoms with Crippen molar-refractivity contribution in [2.24, 2.45) is 0 Å². The monoisotopic (exact) mass is 256 g/mol. The van der Waals surface area contributed by atoms with Gasteiger partial charge in [-0.25, -0.2) is 0 Å². The van der Waals surface area contributed by atoms with Gasteiger partial charge in [0.25, 0.3) is 0 Å². The zero-order chi connectivity index (χ0) is 13.2. The van der Waals surface area contributed by atoms with Crippen molar-refractivity contribution in [3.8, 4) is 17.2 Å².